The molecule has 1 unspecified atom stereocenters. The molecule has 1 amide bonds. The highest BCUT2D eigenvalue weighted by Crippen LogP contribution is 2.08. The Hall–Kier alpha value is -2.10. The number of aromatic nitrogens is 2. The number of aromatic amines is 1. The number of carbonyl (C=O) groups excluding carboxylic acids is 1. The van der Waals surface area contributed by atoms with Gasteiger partial charge in [-0.1, -0.05) is 30.3 Å². The minimum absolute atomic E-state index is 0.0693. The molecule has 0 fully saturated rings. The van der Waals surface area contributed by atoms with Crippen molar-refractivity contribution in [3.8, 4) is 0 Å². The second-order valence-corrected chi connectivity index (χ2v) is 4.60. The fraction of sp³-hybridized carbons (Fsp3) is 0.333. The fourth-order valence-electron chi connectivity index (χ4n) is 1.99. The summed E-state index contributed by atoms with van der Waals surface area (Å²) in [5.41, 5.74) is 1.27. The van der Waals surface area contributed by atoms with Crippen LogP contribution in [-0.2, 0) is 11.2 Å². The van der Waals surface area contributed by atoms with Gasteiger partial charge >= 0.3 is 0 Å². The lowest BCUT2D eigenvalue weighted by Crippen LogP contribution is -2.27. The molecule has 0 saturated carbocycles. The van der Waals surface area contributed by atoms with Gasteiger partial charge in [0.2, 0.25) is 5.91 Å². The van der Waals surface area contributed by atoms with Crippen LogP contribution in [0.15, 0.2) is 42.7 Å². The van der Waals surface area contributed by atoms with Gasteiger partial charge in [0.15, 0.2) is 0 Å². The molecule has 0 aliphatic carbocycles. The Balaban J connectivity index is 1.70. The number of amides is 1. The van der Waals surface area contributed by atoms with E-state index in [4.69, 9.17) is 0 Å². The van der Waals surface area contributed by atoms with E-state index < -0.39 is 0 Å². The van der Waals surface area contributed by atoms with Crippen molar-refractivity contribution < 1.29 is 4.79 Å². The van der Waals surface area contributed by atoms with Crippen molar-refractivity contribution in [2.45, 2.75) is 32.2 Å². The van der Waals surface area contributed by atoms with Crippen molar-refractivity contribution in [2.24, 2.45) is 0 Å². The smallest absolute Gasteiger partial charge is 0.220 e. The number of carbonyl (C=O) groups is 1. The van der Waals surface area contributed by atoms with Crippen molar-refractivity contribution in [2.75, 3.05) is 0 Å². The van der Waals surface area contributed by atoms with E-state index in [9.17, 15) is 4.79 Å². The molecule has 100 valence electrons. The Morgan fingerprint density at radius 2 is 2.16 bits per heavy atom. The monoisotopic (exact) mass is 257 g/mol. The minimum atomic E-state index is -0.0702. The fourth-order valence-corrected chi connectivity index (χ4v) is 1.99. The van der Waals surface area contributed by atoms with Crippen molar-refractivity contribution in [3.05, 3.63) is 54.1 Å². The predicted octanol–water partition coefficient (Wildman–Crippen LogP) is 2.61. The summed E-state index contributed by atoms with van der Waals surface area (Å²) in [7, 11) is 0. The number of rotatable bonds is 6. The van der Waals surface area contributed by atoms with Crippen LogP contribution in [0.4, 0.5) is 0 Å². The first-order valence-corrected chi connectivity index (χ1v) is 6.58. The lowest BCUT2D eigenvalue weighted by molar-refractivity contribution is -0.121. The average molecular weight is 257 g/mol. The number of nitrogens with one attached hydrogen (secondary N) is 2. The molecule has 4 nitrogen and oxygen atoms in total. The summed E-state index contributed by atoms with van der Waals surface area (Å²) in [5.74, 6) is 0.858. The molecule has 2 N–H and O–H groups in total. The number of benzene rings is 1. The van der Waals surface area contributed by atoms with E-state index in [2.05, 4.69) is 27.4 Å². The van der Waals surface area contributed by atoms with E-state index in [1.165, 1.54) is 5.56 Å². The van der Waals surface area contributed by atoms with Crippen molar-refractivity contribution in [3.63, 3.8) is 0 Å². The molecule has 1 atom stereocenters. The van der Waals surface area contributed by atoms with Crippen LogP contribution in [-0.4, -0.2) is 15.9 Å². The van der Waals surface area contributed by atoms with Gasteiger partial charge in [0.1, 0.15) is 5.82 Å². The third kappa shape index (κ3) is 4.25. The SMILES string of the molecule is CC(NC(=O)CCCc1ccccc1)c1ncc[nH]1. The van der Waals surface area contributed by atoms with Gasteiger partial charge in [-0.15, -0.1) is 0 Å². The molecule has 4 heteroatoms. The summed E-state index contributed by atoms with van der Waals surface area (Å²) in [6, 6.07) is 10.1. The zero-order chi connectivity index (χ0) is 13.5. The molecule has 0 radical (unpaired) electrons. The van der Waals surface area contributed by atoms with E-state index >= 15 is 0 Å². The summed E-state index contributed by atoms with van der Waals surface area (Å²) in [6.45, 7) is 1.92. The first kappa shape index (κ1) is 13.3. The molecule has 0 bridgehead atoms. The highest BCUT2D eigenvalue weighted by atomic mass is 16.1. The van der Waals surface area contributed by atoms with Gasteiger partial charge in [-0.2, -0.15) is 0 Å². The molecule has 0 aliphatic rings. The highest BCUT2D eigenvalue weighted by Gasteiger charge is 2.10. The van der Waals surface area contributed by atoms with Gasteiger partial charge in [0, 0.05) is 18.8 Å². The zero-order valence-corrected chi connectivity index (χ0v) is 11.1. The van der Waals surface area contributed by atoms with Crippen LogP contribution in [0.25, 0.3) is 0 Å². The molecule has 0 aliphatic heterocycles. The second kappa shape index (κ2) is 6.73. The first-order chi connectivity index (χ1) is 9.25. The van der Waals surface area contributed by atoms with Gasteiger partial charge in [-0.3, -0.25) is 4.79 Å². The molecule has 1 heterocycles. The quantitative estimate of drug-likeness (QED) is 0.835. The van der Waals surface area contributed by atoms with Gasteiger partial charge in [0.25, 0.3) is 0 Å². The number of H-pyrrole nitrogens is 1. The summed E-state index contributed by atoms with van der Waals surface area (Å²) in [4.78, 5) is 18.9. The molecular formula is C15H19N3O. The number of nitrogens with zero attached hydrogens (tertiary/aromatic N) is 1. The Labute approximate surface area is 113 Å². The molecular weight excluding hydrogens is 238 g/mol. The summed E-state index contributed by atoms with van der Waals surface area (Å²) in [5, 5.41) is 2.94. The van der Waals surface area contributed by atoms with Gasteiger partial charge in [-0.05, 0) is 25.3 Å². The third-order valence-electron chi connectivity index (χ3n) is 3.02. The van der Waals surface area contributed by atoms with Gasteiger partial charge in [-0.25, -0.2) is 4.98 Å². The molecule has 19 heavy (non-hydrogen) atoms. The summed E-state index contributed by atoms with van der Waals surface area (Å²) >= 11 is 0. The topological polar surface area (TPSA) is 57.8 Å². The Bertz CT molecular complexity index is 493. The number of hydrogen-bond acceptors (Lipinski definition) is 2. The second-order valence-electron chi connectivity index (χ2n) is 4.60. The van der Waals surface area contributed by atoms with Crippen LogP contribution < -0.4 is 5.32 Å². The first-order valence-electron chi connectivity index (χ1n) is 6.58. The largest absolute Gasteiger partial charge is 0.347 e. The van der Waals surface area contributed by atoms with Gasteiger partial charge < -0.3 is 10.3 Å². The maximum atomic E-state index is 11.8. The van der Waals surface area contributed by atoms with Crippen LogP contribution in [0.3, 0.4) is 0 Å². The lowest BCUT2D eigenvalue weighted by Gasteiger charge is -2.11. The molecule has 1 aromatic carbocycles. The summed E-state index contributed by atoms with van der Waals surface area (Å²) < 4.78 is 0. The molecule has 2 rings (SSSR count). The predicted molar refractivity (Wildman–Crippen MR) is 74.5 cm³/mol. The van der Waals surface area contributed by atoms with Crippen molar-refractivity contribution >= 4 is 5.91 Å². The minimum Gasteiger partial charge on any atom is -0.347 e. The van der Waals surface area contributed by atoms with Crippen LogP contribution in [0, 0.1) is 0 Å². The Morgan fingerprint density at radius 1 is 1.37 bits per heavy atom. The van der Waals surface area contributed by atoms with E-state index in [-0.39, 0.29) is 11.9 Å². The van der Waals surface area contributed by atoms with E-state index in [0.717, 1.165) is 18.7 Å². The average Bonchev–Trinajstić information content (AvgIpc) is 2.94. The normalized spacial score (nSPS) is 12.1. The number of aryl methyl sites for hydroxylation is 1. The van der Waals surface area contributed by atoms with E-state index in [1.807, 2.05) is 25.1 Å². The molecule has 1 aromatic heterocycles. The van der Waals surface area contributed by atoms with Crippen LogP contribution in [0.1, 0.15) is 37.2 Å². The lowest BCUT2D eigenvalue weighted by atomic mass is 10.1. The molecule has 0 spiro atoms. The maximum absolute atomic E-state index is 11.8. The van der Waals surface area contributed by atoms with Gasteiger partial charge in [0.05, 0.1) is 6.04 Å². The van der Waals surface area contributed by atoms with Crippen LogP contribution >= 0.6 is 0 Å². The van der Waals surface area contributed by atoms with Crippen LogP contribution in [0.5, 0.6) is 0 Å². The van der Waals surface area contributed by atoms with E-state index in [0.29, 0.717) is 6.42 Å². The Morgan fingerprint density at radius 3 is 2.84 bits per heavy atom. The standard InChI is InChI=1S/C15H19N3O/c1-12(15-16-10-11-17-15)18-14(19)9-5-8-13-6-3-2-4-7-13/h2-4,6-7,10-12H,5,8-9H2,1H3,(H,16,17)(H,18,19). The number of hydrogen-bond donors (Lipinski definition) is 2. The highest BCUT2D eigenvalue weighted by molar-refractivity contribution is 5.76. The zero-order valence-electron chi connectivity index (χ0n) is 11.1. The maximum Gasteiger partial charge on any atom is 0.220 e. The third-order valence-corrected chi connectivity index (χ3v) is 3.02. The summed E-state index contributed by atoms with van der Waals surface area (Å²) in [6.07, 6.45) is 5.78. The Kier molecular flexibility index (Phi) is 4.72. The van der Waals surface area contributed by atoms with Crippen LogP contribution in [0.2, 0.25) is 0 Å². The van der Waals surface area contributed by atoms with Crippen molar-refractivity contribution in [1.29, 1.82) is 0 Å². The number of imidazole rings is 1. The molecule has 2 aromatic rings. The van der Waals surface area contributed by atoms with E-state index in [1.54, 1.807) is 12.4 Å². The van der Waals surface area contributed by atoms with Crippen molar-refractivity contribution in [1.82, 2.24) is 15.3 Å². The molecule has 0 saturated heterocycles.